The average molecular weight is 354 g/mol. The summed E-state index contributed by atoms with van der Waals surface area (Å²) >= 11 is 0. The van der Waals surface area contributed by atoms with Gasteiger partial charge in [-0.05, 0) is 39.0 Å². The zero-order valence-corrected chi connectivity index (χ0v) is 15.8. The molecule has 2 aromatic carbocycles. The predicted molar refractivity (Wildman–Crippen MR) is 102 cm³/mol. The van der Waals surface area contributed by atoms with Crippen molar-refractivity contribution in [3.8, 4) is 5.75 Å². The molecule has 0 saturated heterocycles. The molecule has 0 aromatic heterocycles. The van der Waals surface area contributed by atoms with Crippen molar-refractivity contribution in [3.05, 3.63) is 64.7 Å². The lowest BCUT2D eigenvalue weighted by atomic mass is 10.1. The topological polar surface area (TPSA) is 58.6 Å². The minimum Gasteiger partial charge on any atom is -0.494 e. The maximum atomic E-state index is 12.4. The first-order chi connectivity index (χ1) is 12.4. The molecule has 2 amide bonds. The molecule has 5 nitrogen and oxygen atoms in total. The first kappa shape index (κ1) is 19.5. The number of hydrogen-bond acceptors (Lipinski definition) is 3. The van der Waals surface area contributed by atoms with Crippen LogP contribution in [-0.4, -0.2) is 36.9 Å². The normalized spacial score (nSPS) is 10.3. The molecule has 138 valence electrons. The molecule has 0 unspecified atom stereocenters. The maximum absolute atomic E-state index is 12.4. The van der Waals surface area contributed by atoms with E-state index in [4.69, 9.17) is 4.74 Å². The molecule has 0 saturated carbocycles. The molecule has 0 spiro atoms. The number of nitrogens with zero attached hydrogens (tertiary/aromatic N) is 1. The Morgan fingerprint density at radius 3 is 2.38 bits per heavy atom. The van der Waals surface area contributed by atoms with Crippen LogP contribution in [0, 0.1) is 13.8 Å². The molecule has 2 rings (SSSR count). The van der Waals surface area contributed by atoms with Crippen LogP contribution in [0.2, 0.25) is 0 Å². The monoisotopic (exact) mass is 354 g/mol. The van der Waals surface area contributed by atoms with Crippen LogP contribution in [-0.2, 0) is 11.3 Å². The second kappa shape index (κ2) is 9.04. The summed E-state index contributed by atoms with van der Waals surface area (Å²) in [5.41, 5.74) is 3.54. The van der Waals surface area contributed by atoms with Crippen LogP contribution in [0.1, 0.15) is 34.0 Å². The zero-order valence-electron chi connectivity index (χ0n) is 15.8. The van der Waals surface area contributed by atoms with E-state index in [1.807, 2.05) is 63.2 Å². The highest BCUT2D eigenvalue weighted by Crippen LogP contribution is 2.19. The summed E-state index contributed by atoms with van der Waals surface area (Å²) in [7, 11) is 1.72. The second-order valence-electron chi connectivity index (χ2n) is 6.35. The van der Waals surface area contributed by atoms with Gasteiger partial charge in [-0.25, -0.2) is 0 Å². The lowest BCUT2D eigenvalue weighted by molar-refractivity contribution is -0.129. The number of carbonyl (C=O) groups excluding carboxylic acids is 2. The van der Waals surface area contributed by atoms with Crippen LogP contribution in [0.5, 0.6) is 5.75 Å². The van der Waals surface area contributed by atoms with Crippen LogP contribution in [0.3, 0.4) is 0 Å². The first-order valence-corrected chi connectivity index (χ1v) is 8.72. The quantitative estimate of drug-likeness (QED) is 0.831. The van der Waals surface area contributed by atoms with Gasteiger partial charge in [0.1, 0.15) is 5.75 Å². The van der Waals surface area contributed by atoms with Gasteiger partial charge in [-0.15, -0.1) is 0 Å². The number of nitrogens with one attached hydrogen (secondary N) is 1. The number of aryl methyl sites for hydroxylation is 2. The number of hydrogen-bond donors (Lipinski definition) is 1. The lowest BCUT2D eigenvalue weighted by Gasteiger charge is -2.19. The van der Waals surface area contributed by atoms with E-state index in [9.17, 15) is 9.59 Å². The summed E-state index contributed by atoms with van der Waals surface area (Å²) in [4.78, 5) is 26.2. The van der Waals surface area contributed by atoms with Crippen molar-refractivity contribution in [1.82, 2.24) is 10.2 Å². The van der Waals surface area contributed by atoms with Gasteiger partial charge in [0.25, 0.3) is 5.91 Å². The molecule has 0 heterocycles. The Balaban J connectivity index is 1.94. The number of carbonyl (C=O) groups is 2. The molecular weight excluding hydrogens is 328 g/mol. The number of amides is 2. The largest absolute Gasteiger partial charge is 0.494 e. The average Bonchev–Trinajstić information content (AvgIpc) is 2.60. The molecule has 0 aliphatic heterocycles. The Morgan fingerprint density at radius 1 is 1.08 bits per heavy atom. The molecule has 0 atom stereocenters. The maximum Gasteiger partial charge on any atom is 0.251 e. The lowest BCUT2D eigenvalue weighted by Crippen LogP contribution is -2.37. The smallest absolute Gasteiger partial charge is 0.251 e. The third-order valence-corrected chi connectivity index (χ3v) is 3.99. The van der Waals surface area contributed by atoms with Gasteiger partial charge in [-0.2, -0.15) is 0 Å². The van der Waals surface area contributed by atoms with E-state index in [1.165, 1.54) is 0 Å². The molecule has 0 aliphatic rings. The van der Waals surface area contributed by atoms with Crippen molar-refractivity contribution < 1.29 is 14.3 Å². The van der Waals surface area contributed by atoms with Gasteiger partial charge < -0.3 is 15.0 Å². The highest BCUT2D eigenvalue weighted by Gasteiger charge is 2.14. The first-order valence-electron chi connectivity index (χ1n) is 8.72. The van der Waals surface area contributed by atoms with E-state index >= 15 is 0 Å². The molecule has 26 heavy (non-hydrogen) atoms. The third kappa shape index (κ3) is 5.34. The van der Waals surface area contributed by atoms with E-state index in [2.05, 4.69) is 5.32 Å². The predicted octanol–water partition coefficient (Wildman–Crippen LogP) is 3.09. The van der Waals surface area contributed by atoms with Crippen molar-refractivity contribution in [2.45, 2.75) is 27.3 Å². The Morgan fingerprint density at radius 2 is 1.73 bits per heavy atom. The van der Waals surface area contributed by atoms with Crippen molar-refractivity contribution in [3.63, 3.8) is 0 Å². The van der Waals surface area contributed by atoms with Gasteiger partial charge in [-0.1, -0.05) is 35.4 Å². The highest BCUT2D eigenvalue weighted by molar-refractivity contribution is 5.96. The Bertz CT molecular complexity index is 766. The minimum absolute atomic E-state index is 0.0425. The zero-order chi connectivity index (χ0) is 19.1. The Kier molecular flexibility index (Phi) is 6.78. The van der Waals surface area contributed by atoms with E-state index in [0.717, 1.165) is 22.4 Å². The molecule has 0 fully saturated rings. The van der Waals surface area contributed by atoms with Gasteiger partial charge in [0.15, 0.2) is 0 Å². The molecule has 0 aliphatic carbocycles. The number of ether oxygens (including phenoxy) is 1. The summed E-state index contributed by atoms with van der Waals surface area (Å²) < 4.78 is 5.59. The van der Waals surface area contributed by atoms with Crippen molar-refractivity contribution in [2.75, 3.05) is 20.2 Å². The van der Waals surface area contributed by atoms with Gasteiger partial charge in [-0.3, -0.25) is 9.59 Å². The molecule has 5 heteroatoms. The molecule has 0 radical (unpaired) electrons. The summed E-state index contributed by atoms with van der Waals surface area (Å²) in [5.74, 6) is 0.371. The van der Waals surface area contributed by atoms with Crippen LogP contribution < -0.4 is 10.1 Å². The fraction of sp³-hybridized carbons (Fsp3) is 0.333. The number of benzene rings is 2. The van der Waals surface area contributed by atoms with E-state index < -0.39 is 0 Å². The van der Waals surface area contributed by atoms with E-state index in [0.29, 0.717) is 18.7 Å². The molecular formula is C21H26N2O3. The summed E-state index contributed by atoms with van der Waals surface area (Å²) in [6.45, 7) is 6.76. The molecule has 0 bridgehead atoms. The van der Waals surface area contributed by atoms with Gasteiger partial charge in [0, 0.05) is 24.7 Å². The van der Waals surface area contributed by atoms with Crippen molar-refractivity contribution >= 4 is 11.8 Å². The highest BCUT2D eigenvalue weighted by atomic mass is 16.5. The molecule has 2 aromatic rings. The third-order valence-electron chi connectivity index (χ3n) is 3.99. The summed E-state index contributed by atoms with van der Waals surface area (Å²) in [6, 6.07) is 13.3. The Hall–Kier alpha value is -2.82. The van der Waals surface area contributed by atoms with Crippen molar-refractivity contribution in [2.24, 2.45) is 0 Å². The fourth-order valence-corrected chi connectivity index (χ4v) is 2.77. The molecule has 1 N–H and O–H groups in total. The number of likely N-dealkylation sites (N-methyl/N-ethyl adjacent to an activating group) is 1. The summed E-state index contributed by atoms with van der Waals surface area (Å²) in [5, 5.41) is 2.70. The van der Waals surface area contributed by atoms with Gasteiger partial charge >= 0.3 is 0 Å². The van der Waals surface area contributed by atoms with Crippen LogP contribution in [0.25, 0.3) is 0 Å². The van der Waals surface area contributed by atoms with Gasteiger partial charge in [0.05, 0.1) is 13.2 Å². The van der Waals surface area contributed by atoms with E-state index in [1.54, 1.807) is 11.9 Å². The Labute approximate surface area is 155 Å². The van der Waals surface area contributed by atoms with E-state index in [-0.39, 0.29) is 18.4 Å². The minimum atomic E-state index is -0.242. The van der Waals surface area contributed by atoms with Crippen LogP contribution >= 0.6 is 0 Å². The van der Waals surface area contributed by atoms with Crippen LogP contribution in [0.4, 0.5) is 0 Å². The van der Waals surface area contributed by atoms with Gasteiger partial charge in [0.2, 0.25) is 5.91 Å². The fourth-order valence-electron chi connectivity index (χ4n) is 2.77. The summed E-state index contributed by atoms with van der Waals surface area (Å²) in [6.07, 6.45) is 0. The van der Waals surface area contributed by atoms with Crippen molar-refractivity contribution in [1.29, 1.82) is 0 Å². The standard InChI is InChI=1S/C21H26N2O3/c1-5-26-19-9-7-6-8-17(19)14-23(4)20(24)13-22-21(25)18-11-15(2)10-16(3)12-18/h6-12H,5,13-14H2,1-4H3,(H,22,25). The second-order valence-corrected chi connectivity index (χ2v) is 6.35. The number of rotatable bonds is 7. The SMILES string of the molecule is CCOc1ccccc1CN(C)C(=O)CNC(=O)c1cc(C)cc(C)c1. The van der Waals surface area contributed by atoms with Crippen LogP contribution in [0.15, 0.2) is 42.5 Å². The number of para-hydroxylation sites is 1.